The monoisotopic (exact) mass is 499 g/mol. The van der Waals surface area contributed by atoms with E-state index >= 15 is 0 Å². The predicted octanol–water partition coefficient (Wildman–Crippen LogP) is 2.23. The summed E-state index contributed by atoms with van der Waals surface area (Å²) in [5.74, 6) is -0.992. The molecule has 0 aliphatic rings. The van der Waals surface area contributed by atoms with Crippen LogP contribution in [0.4, 0.5) is 0 Å². The summed E-state index contributed by atoms with van der Waals surface area (Å²) in [6, 6.07) is 0. The smallest absolute Gasteiger partial charge is 0.500 e. The molecule has 6 nitrogen and oxygen atoms in total. The second kappa shape index (κ2) is 10.7. The molecule has 0 aromatic carbocycles. The Balaban J connectivity index is 3.49. The van der Waals surface area contributed by atoms with Crippen molar-refractivity contribution < 1.29 is 18.9 Å². The van der Waals surface area contributed by atoms with E-state index in [-0.39, 0.29) is 12.8 Å². The van der Waals surface area contributed by atoms with Crippen molar-refractivity contribution in [2.75, 3.05) is 13.1 Å². The van der Waals surface area contributed by atoms with Crippen LogP contribution in [0.5, 0.6) is 0 Å². The van der Waals surface area contributed by atoms with E-state index in [0.717, 1.165) is 7.69 Å². The van der Waals surface area contributed by atoms with Crippen molar-refractivity contribution in [3.63, 3.8) is 0 Å². The molecule has 0 rings (SSSR count). The first-order valence-corrected chi connectivity index (χ1v) is 7.14. The molecule has 0 aliphatic carbocycles. The van der Waals surface area contributed by atoms with Crippen LogP contribution in [0.1, 0.15) is 12.8 Å². The van der Waals surface area contributed by atoms with E-state index in [1.807, 2.05) is 0 Å². The van der Waals surface area contributed by atoms with E-state index in [9.17, 15) is 9.59 Å². The summed E-state index contributed by atoms with van der Waals surface area (Å²) in [7, 11) is 0.740. The lowest BCUT2D eigenvalue weighted by Gasteiger charge is -2.06. The van der Waals surface area contributed by atoms with Crippen LogP contribution in [0.15, 0.2) is 0 Å². The van der Waals surface area contributed by atoms with Crippen LogP contribution in [0.2, 0.25) is 0 Å². The van der Waals surface area contributed by atoms with Crippen molar-refractivity contribution in [2.24, 2.45) is 0 Å². The quantitative estimate of drug-likeness (QED) is 0.375. The van der Waals surface area contributed by atoms with E-state index in [4.69, 9.17) is 0 Å². The predicted molar refractivity (Wildman–Crippen MR) is 76.3 cm³/mol. The van der Waals surface area contributed by atoms with Crippen molar-refractivity contribution in [3.05, 3.63) is 0 Å². The van der Waals surface area contributed by atoms with Crippen molar-refractivity contribution in [2.45, 2.75) is 12.8 Å². The number of carbonyl (C=O) groups excluding carboxylic acids is 2. The fraction of sp³-hybridized carbons (Fsp3) is 0.667. The van der Waals surface area contributed by atoms with E-state index in [1.165, 1.54) is 5.90 Å². The minimum Gasteiger partial charge on any atom is -0.500 e. The highest BCUT2D eigenvalue weighted by Gasteiger charge is 2.11. The zero-order chi connectivity index (χ0) is 13.3. The zero-order valence-corrected chi connectivity index (χ0v) is 14.8. The molecule has 0 N–H and O–H groups in total. The molecule has 0 aromatic heterocycles. The van der Waals surface area contributed by atoms with Crippen LogP contribution in [0.25, 0.3) is 0 Å². The SMILES string of the molecule is O=C(CCN(Br)Br)O[B]OC(=O)CCN(Br)Br. The summed E-state index contributed by atoms with van der Waals surface area (Å²) in [6.45, 7) is 0.839. The standard InChI is InChI=1S/C6H8BBr4N2O4/c8-12(9)3-1-5(14)16-7-17-6(15)2-4-13(10)11/h1-4H2. The largest absolute Gasteiger partial charge is 0.662 e. The number of rotatable bonds is 8. The lowest BCUT2D eigenvalue weighted by molar-refractivity contribution is -0.139. The van der Waals surface area contributed by atoms with Gasteiger partial charge >= 0.3 is 7.69 Å². The van der Waals surface area contributed by atoms with Crippen molar-refractivity contribution in [1.82, 2.24) is 5.90 Å². The highest BCUT2D eigenvalue weighted by Crippen LogP contribution is 2.06. The molecule has 0 aliphatic heterocycles. The molecule has 97 valence electrons. The maximum atomic E-state index is 11.1. The van der Waals surface area contributed by atoms with Crippen LogP contribution in [0, 0.1) is 0 Å². The van der Waals surface area contributed by atoms with Crippen molar-refractivity contribution in [3.8, 4) is 0 Å². The van der Waals surface area contributed by atoms with E-state index in [0.29, 0.717) is 13.1 Å². The van der Waals surface area contributed by atoms with Gasteiger partial charge in [0.05, 0.1) is 12.8 Å². The molecule has 17 heavy (non-hydrogen) atoms. The lowest BCUT2D eigenvalue weighted by Crippen LogP contribution is -2.19. The van der Waals surface area contributed by atoms with E-state index in [2.05, 4.69) is 73.9 Å². The summed E-state index contributed by atoms with van der Waals surface area (Å²) in [5.41, 5.74) is 0. The first kappa shape index (κ1) is 17.8. The third-order valence-electron chi connectivity index (χ3n) is 1.33. The minimum atomic E-state index is -0.496. The third kappa shape index (κ3) is 13.1. The Hall–Kier alpha value is 0.845. The molecule has 0 spiro atoms. The van der Waals surface area contributed by atoms with Crippen LogP contribution >= 0.6 is 64.6 Å². The molecule has 0 aromatic rings. The average Bonchev–Trinajstić information content (AvgIpc) is 2.23. The molecule has 1 radical (unpaired) electrons. The lowest BCUT2D eigenvalue weighted by atomic mass is 10.3. The highest BCUT2D eigenvalue weighted by atomic mass is 79.9. The number of hydrogen-bond donors (Lipinski definition) is 0. The molecule has 0 unspecified atom stereocenters. The average molecular weight is 503 g/mol. The van der Waals surface area contributed by atoms with Crippen LogP contribution in [0.3, 0.4) is 0 Å². The van der Waals surface area contributed by atoms with Gasteiger partial charge in [-0.05, 0) is 0 Å². The van der Waals surface area contributed by atoms with Gasteiger partial charge in [0.25, 0.3) is 11.9 Å². The minimum absolute atomic E-state index is 0.154. The Kier molecular flexibility index (Phi) is 11.3. The van der Waals surface area contributed by atoms with Gasteiger partial charge in [0.2, 0.25) is 0 Å². The molecule has 11 heteroatoms. The summed E-state index contributed by atoms with van der Waals surface area (Å²) < 4.78 is 12.1. The molecule has 0 atom stereocenters. The summed E-state index contributed by atoms with van der Waals surface area (Å²) >= 11 is 12.2. The van der Waals surface area contributed by atoms with Gasteiger partial charge in [0, 0.05) is 77.7 Å². The number of hydrogen-bond acceptors (Lipinski definition) is 6. The summed E-state index contributed by atoms with van der Waals surface area (Å²) in [5, 5.41) is 0. The second-order valence-corrected chi connectivity index (χ2v) is 7.96. The Morgan fingerprint density at radius 2 is 1.24 bits per heavy atom. The number of halogens is 4. The van der Waals surface area contributed by atoms with Gasteiger partial charge in [-0.3, -0.25) is 9.59 Å². The summed E-state index contributed by atoms with van der Waals surface area (Å²) in [4.78, 5) is 22.1. The fourth-order valence-corrected chi connectivity index (χ4v) is 1.31. The topological polar surface area (TPSA) is 59.1 Å². The zero-order valence-electron chi connectivity index (χ0n) is 8.45. The molecule has 0 saturated carbocycles. The molecule has 0 heterocycles. The molecule has 0 amide bonds. The fourth-order valence-electron chi connectivity index (χ4n) is 0.601. The van der Waals surface area contributed by atoms with Gasteiger partial charge in [-0.25, -0.2) is 0 Å². The van der Waals surface area contributed by atoms with Gasteiger partial charge in [0.1, 0.15) is 0 Å². The Bertz CT molecular complexity index is 232. The van der Waals surface area contributed by atoms with Crippen LogP contribution in [-0.2, 0) is 18.9 Å². The highest BCUT2D eigenvalue weighted by molar-refractivity contribution is 9.21. The molecular formula is C6H8BBr4N2O4. The van der Waals surface area contributed by atoms with Crippen LogP contribution < -0.4 is 0 Å². The maximum absolute atomic E-state index is 11.1. The Morgan fingerprint density at radius 1 is 0.882 bits per heavy atom. The second-order valence-electron chi connectivity index (χ2n) is 2.63. The molecule has 0 bridgehead atoms. The van der Waals surface area contributed by atoms with Crippen LogP contribution in [-0.4, -0.2) is 38.6 Å². The molecular weight excluding hydrogens is 495 g/mol. The van der Waals surface area contributed by atoms with Gasteiger partial charge in [-0.2, -0.15) is 5.90 Å². The normalized spacial score (nSPS) is 10.5. The molecule has 0 fully saturated rings. The van der Waals surface area contributed by atoms with E-state index < -0.39 is 11.9 Å². The maximum Gasteiger partial charge on any atom is 0.662 e. The van der Waals surface area contributed by atoms with Crippen molar-refractivity contribution >= 4 is 84.2 Å². The molecule has 0 saturated heterocycles. The van der Waals surface area contributed by atoms with Crippen molar-refractivity contribution in [1.29, 1.82) is 0 Å². The first-order chi connectivity index (χ1) is 7.91. The van der Waals surface area contributed by atoms with E-state index in [1.54, 1.807) is 0 Å². The van der Waals surface area contributed by atoms with Gasteiger partial charge in [0.15, 0.2) is 0 Å². The Morgan fingerprint density at radius 3 is 1.53 bits per heavy atom. The van der Waals surface area contributed by atoms with Gasteiger partial charge in [-0.15, -0.1) is 0 Å². The van der Waals surface area contributed by atoms with Gasteiger partial charge in [-0.1, -0.05) is 0 Å². The van der Waals surface area contributed by atoms with Gasteiger partial charge < -0.3 is 9.31 Å². The number of nitrogens with zero attached hydrogens (tertiary/aromatic N) is 2. The number of carbonyl (C=O) groups is 2. The third-order valence-corrected chi connectivity index (χ3v) is 2.75. The first-order valence-electron chi connectivity index (χ1n) is 4.30. The Labute approximate surface area is 134 Å². The summed E-state index contributed by atoms with van der Waals surface area (Å²) in [6.07, 6.45) is 0.308.